The van der Waals surface area contributed by atoms with Gasteiger partial charge in [-0.05, 0) is 18.6 Å². The Hall–Kier alpha value is -0.870. The first-order valence-electron chi connectivity index (χ1n) is 6.09. The molecule has 1 aromatic rings. The van der Waals surface area contributed by atoms with E-state index in [4.69, 9.17) is 4.74 Å². The summed E-state index contributed by atoms with van der Waals surface area (Å²) in [6.45, 7) is 4.59. The van der Waals surface area contributed by atoms with E-state index in [2.05, 4.69) is 21.0 Å². The summed E-state index contributed by atoms with van der Waals surface area (Å²) in [5, 5.41) is 0. The maximum atomic E-state index is 11.7. The Morgan fingerprint density at radius 3 is 2.33 bits per heavy atom. The number of benzene rings is 1. The van der Waals surface area contributed by atoms with E-state index in [1.165, 1.54) is 0 Å². The minimum absolute atomic E-state index is 0. The summed E-state index contributed by atoms with van der Waals surface area (Å²) in [7, 11) is 4.31. The summed E-state index contributed by atoms with van der Waals surface area (Å²) < 4.78 is 6.14. The third kappa shape index (κ3) is 6.17. The van der Waals surface area contributed by atoms with Crippen LogP contribution >= 0.6 is 0 Å². The van der Waals surface area contributed by atoms with Crippen LogP contribution in [0.2, 0.25) is 0 Å². The third-order valence-corrected chi connectivity index (χ3v) is 2.77. The number of rotatable bonds is 6. The molecule has 0 fully saturated rings. The average Bonchev–Trinajstić information content (AvgIpc) is 2.29. The summed E-state index contributed by atoms with van der Waals surface area (Å²) in [6.07, 6.45) is 1.14. The predicted molar refractivity (Wildman–Crippen MR) is 68.9 cm³/mol. The van der Waals surface area contributed by atoms with Crippen molar-refractivity contribution in [2.24, 2.45) is 0 Å². The summed E-state index contributed by atoms with van der Waals surface area (Å²) >= 11 is 0. The Kier molecular flexibility index (Phi) is 7.87. The highest BCUT2D eigenvalue weighted by Crippen LogP contribution is 2.03. The fourth-order valence-electron chi connectivity index (χ4n) is 1.76. The maximum absolute atomic E-state index is 11.7. The topological polar surface area (TPSA) is 26.3 Å². The molecule has 0 atom stereocenters. The number of esters is 1. The molecule has 0 aromatic heterocycles. The largest absolute Gasteiger partial charge is 1.00 e. The first kappa shape index (κ1) is 17.1. The Balaban J connectivity index is 0.00000289. The van der Waals surface area contributed by atoms with Gasteiger partial charge in [0.2, 0.25) is 0 Å². The SMILES string of the molecule is CCC[N+](C)(C)CCOC(=O)c1ccccc1.[Br-]. The van der Waals surface area contributed by atoms with Gasteiger partial charge < -0.3 is 26.2 Å². The number of likely N-dealkylation sites (N-methyl/N-ethyl adjacent to an activating group) is 1. The fraction of sp³-hybridized carbons (Fsp3) is 0.500. The standard InChI is InChI=1S/C14H22NO2.BrH/c1-4-10-15(2,3)11-12-17-14(16)13-8-6-5-7-9-13;/h5-9H,4,10-12H2,1-3H3;1H/q+1;/p-1. The zero-order valence-corrected chi connectivity index (χ0v) is 12.9. The van der Waals surface area contributed by atoms with Crippen LogP contribution in [-0.4, -0.2) is 44.2 Å². The van der Waals surface area contributed by atoms with Gasteiger partial charge in [0.05, 0.1) is 26.2 Å². The Morgan fingerprint density at radius 1 is 1.17 bits per heavy atom. The summed E-state index contributed by atoms with van der Waals surface area (Å²) in [6, 6.07) is 9.11. The van der Waals surface area contributed by atoms with Gasteiger partial charge in [-0.25, -0.2) is 4.79 Å². The molecule has 1 rings (SSSR count). The number of ether oxygens (including phenoxy) is 1. The average molecular weight is 316 g/mol. The van der Waals surface area contributed by atoms with Gasteiger partial charge in [0, 0.05) is 0 Å². The number of carbonyl (C=O) groups excluding carboxylic acids is 1. The molecule has 0 unspecified atom stereocenters. The molecule has 0 bridgehead atoms. The lowest BCUT2D eigenvalue weighted by molar-refractivity contribution is -0.890. The van der Waals surface area contributed by atoms with Crippen LogP contribution in [0.25, 0.3) is 0 Å². The first-order valence-corrected chi connectivity index (χ1v) is 6.09. The van der Waals surface area contributed by atoms with Crippen LogP contribution < -0.4 is 17.0 Å². The van der Waals surface area contributed by atoms with Crippen molar-refractivity contribution >= 4 is 5.97 Å². The van der Waals surface area contributed by atoms with E-state index in [-0.39, 0.29) is 23.0 Å². The highest BCUT2D eigenvalue weighted by molar-refractivity contribution is 5.89. The van der Waals surface area contributed by atoms with Crippen molar-refractivity contribution in [1.82, 2.24) is 0 Å². The Bertz CT molecular complexity index is 352. The molecular weight excluding hydrogens is 294 g/mol. The molecule has 0 radical (unpaired) electrons. The van der Waals surface area contributed by atoms with Crippen LogP contribution in [0.4, 0.5) is 0 Å². The number of carbonyl (C=O) groups is 1. The van der Waals surface area contributed by atoms with E-state index in [1.807, 2.05) is 18.2 Å². The number of hydrogen-bond donors (Lipinski definition) is 0. The molecule has 0 saturated carbocycles. The molecule has 0 N–H and O–H groups in total. The Morgan fingerprint density at radius 2 is 1.78 bits per heavy atom. The normalized spacial score (nSPS) is 10.6. The number of hydrogen-bond acceptors (Lipinski definition) is 2. The van der Waals surface area contributed by atoms with E-state index in [0.717, 1.165) is 24.0 Å². The second-order valence-electron chi connectivity index (χ2n) is 4.88. The monoisotopic (exact) mass is 315 g/mol. The maximum Gasteiger partial charge on any atom is 0.338 e. The van der Waals surface area contributed by atoms with Gasteiger partial charge in [0.15, 0.2) is 0 Å². The van der Waals surface area contributed by atoms with Crippen molar-refractivity contribution in [3.8, 4) is 0 Å². The van der Waals surface area contributed by atoms with Gasteiger partial charge in [0.25, 0.3) is 0 Å². The van der Waals surface area contributed by atoms with Gasteiger partial charge in [-0.2, -0.15) is 0 Å². The van der Waals surface area contributed by atoms with Crippen LogP contribution in [0.1, 0.15) is 23.7 Å². The second kappa shape index (κ2) is 8.27. The lowest BCUT2D eigenvalue weighted by atomic mass is 10.2. The van der Waals surface area contributed by atoms with Crippen LogP contribution in [0, 0.1) is 0 Å². The van der Waals surface area contributed by atoms with Gasteiger partial charge >= 0.3 is 5.97 Å². The van der Waals surface area contributed by atoms with Crippen LogP contribution in [0.5, 0.6) is 0 Å². The zero-order chi connectivity index (χ0) is 12.7. The van der Waals surface area contributed by atoms with Gasteiger partial charge in [0.1, 0.15) is 13.2 Å². The predicted octanol–water partition coefficient (Wildman–Crippen LogP) is -0.666. The van der Waals surface area contributed by atoms with Crippen molar-refractivity contribution in [2.45, 2.75) is 13.3 Å². The molecule has 102 valence electrons. The van der Waals surface area contributed by atoms with Crippen LogP contribution in [0.3, 0.4) is 0 Å². The molecule has 1 aromatic carbocycles. The molecule has 0 aliphatic carbocycles. The lowest BCUT2D eigenvalue weighted by Gasteiger charge is -2.28. The van der Waals surface area contributed by atoms with E-state index in [1.54, 1.807) is 12.1 Å². The molecule has 18 heavy (non-hydrogen) atoms. The lowest BCUT2D eigenvalue weighted by Crippen LogP contribution is -3.00. The summed E-state index contributed by atoms with van der Waals surface area (Å²) in [5.41, 5.74) is 0.619. The number of nitrogens with zero attached hydrogens (tertiary/aromatic N) is 1. The minimum atomic E-state index is -0.234. The number of halogens is 1. The van der Waals surface area contributed by atoms with Gasteiger partial charge in [-0.1, -0.05) is 25.1 Å². The van der Waals surface area contributed by atoms with Crippen molar-refractivity contribution in [2.75, 3.05) is 33.8 Å². The molecule has 3 nitrogen and oxygen atoms in total. The minimum Gasteiger partial charge on any atom is -1.00 e. The summed E-state index contributed by atoms with van der Waals surface area (Å²) in [4.78, 5) is 11.7. The smallest absolute Gasteiger partial charge is 0.338 e. The highest BCUT2D eigenvalue weighted by Gasteiger charge is 2.14. The van der Waals surface area contributed by atoms with Crippen molar-refractivity contribution < 1.29 is 31.0 Å². The van der Waals surface area contributed by atoms with E-state index < -0.39 is 0 Å². The van der Waals surface area contributed by atoms with Gasteiger partial charge in [-0.15, -0.1) is 0 Å². The van der Waals surface area contributed by atoms with Crippen molar-refractivity contribution in [1.29, 1.82) is 0 Å². The van der Waals surface area contributed by atoms with Gasteiger partial charge in [-0.3, -0.25) is 0 Å². The zero-order valence-electron chi connectivity index (χ0n) is 11.4. The molecule has 0 saturated heterocycles. The Labute approximate surface area is 120 Å². The summed E-state index contributed by atoms with van der Waals surface area (Å²) in [5.74, 6) is -0.234. The van der Waals surface area contributed by atoms with E-state index in [9.17, 15) is 4.79 Å². The molecule has 0 aliphatic heterocycles. The molecular formula is C14H22BrNO2. The molecule has 0 heterocycles. The molecule has 0 spiro atoms. The third-order valence-electron chi connectivity index (χ3n) is 2.77. The fourth-order valence-corrected chi connectivity index (χ4v) is 1.76. The second-order valence-corrected chi connectivity index (χ2v) is 4.88. The van der Waals surface area contributed by atoms with Crippen molar-refractivity contribution in [3.63, 3.8) is 0 Å². The van der Waals surface area contributed by atoms with Crippen LogP contribution in [-0.2, 0) is 4.74 Å². The number of quaternary nitrogens is 1. The molecule has 0 amide bonds. The molecule has 4 heteroatoms. The van der Waals surface area contributed by atoms with Crippen molar-refractivity contribution in [3.05, 3.63) is 35.9 Å². The highest BCUT2D eigenvalue weighted by atomic mass is 79.9. The van der Waals surface area contributed by atoms with E-state index in [0.29, 0.717) is 12.2 Å². The molecule has 0 aliphatic rings. The van der Waals surface area contributed by atoms with E-state index >= 15 is 0 Å². The quantitative estimate of drug-likeness (QED) is 0.514. The van der Waals surface area contributed by atoms with Crippen LogP contribution in [0.15, 0.2) is 30.3 Å². The first-order chi connectivity index (χ1) is 8.05.